The molecule has 0 saturated heterocycles. The average Bonchev–Trinajstić information content (AvgIpc) is 2.56. The van der Waals surface area contributed by atoms with E-state index in [1.165, 1.54) is 18.7 Å². The molecule has 0 radical (unpaired) electrons. The molecule has 15 heavy (non-hydrogen) atoms. The number of nitrogens with one attached hydrogen (secondary N) is 1. The summed E-state index contributed by atoms with van der Waals surface area (Å²) < 4.78 is 5.95. The van der Waals surface area contributed by atoms with E-state index in [2.05, 4.69) is 10.3 Å². The van der Waals surface area contributed by atoms with Crippen molar-refractivity contribution < 1.29 is 14.5 Å². The van der Waals surface area contributed by atoms with Crippen LogP contribution in [-0.4, -0.2) is 27.6 Å². The molecule has 0 aliphatic rings. The number of nitrogens with zero attached hydrogens (tertiary/aromatic N) is 3. The molecule has 82 valence electrons. The van der Waals surface area contributed by atoms with Gasteiger partial charge in [0.15, 0.2) is 6.61 Å². The number of nitro groups is 1. The summed E-state index contributed by atoms with van der Waals surface area (Å²) in [6.45, 7) is -0.107. The van der Waals surface area contributed by atoms with Gasteiger partial charge < -0.3 is 20.2 Å². The normalized spacial score (nSPS) is 9.73. The lowest BCUT2D eigenvalue weighted by molar-refractivity contribution is -0.391. The number of carbonyl (C=O) groups is 1. The molecule has 0 aliphatic carbocycles. The van der Waals surface area contributed by atoms with Crippen molar-refractivity contribution in [3.63, 3.8) is 0 Å². The molecule has 8 nitrogen and oxygen atoms in total. The zero-order valence-corrected chi connectivity index (χ0v) is 8.26. The second-order valence-corrected chi connectivity index (χ2v) is 2.67. The highest BCUT2D eigenvalue weighted by Gasteiger charge is 2.17. The molecule has 1 rings (SSSR count). The fourth-order valence-corrected chi connectivity index (χ4v) is 0.944. The number of hydrogen-bond acceptors (Lipinski definition) is 5. The zero-order chi connectivity index (χ0) is 11.4. The van der Waals surface area contributed by atoms with Gasteiger partial charge in [-0.15, -0.1) is 0 Å². The van der Waals surface area contributed by atoms with Gasteiger partial charge in [0.1, 0.15) is 6.20 Å². The van der Waals surface area contributed by atoms with Gasteiger partial charge in [-0.2, -0.15) is 0 Å². The third-order valence-electron chi connectivity index (χ3n) is 1.78. The molecule has 0 unspecified atom stereocenters. The Morgan fingerprint density at radius 3 is 2.93 bits per heavy atom. The molecule has 1 N–H and O–H groups in total. The number of hydrogen-bond donors (Lipinski definition) is 1. The molecule has 1 amide bonds. The second-order valence-electron chi connectivity index (χ2n) is 2.67. The summed E-state index contributed by atoms with van der Waals surface area (Å²) in [6.07, 6.45) is 0.503. The van der Waals surface area contributed by atoms with Gasteiger partial charge in [0.25, 0.3) is 0 Å². The van der Waals surface area contributed by atoms with Crippen molar-refractivity contribution in [2.75, 3.05) is 7.05 Å². The number of aromatic nitrogens is 2. The molecule has 1 aromatic rings. The zero-order valence-electron chi connectivity index (χ0n) is 8.26. The van der Waals surface area contributed by atoms with Gasteiger partial charge in [-0.25, -0.2) is 14.3 Å². The fourth-order valence-electron chi connectivity index (χ4n) is 0.944. The molecule has 0 spiro atoms. The van der Waals surface area contributed by atoms with Gasteiger partial charge in [0.05, 0.1) is 7.05 Å². The predicted octanol–water partition coefficient (Wildman–Crippen LogP) is 0.184. The van der Waals surface area contributed by atoms with Crippen LogP contribution in [0.15, 0.2) is 6.20 Å². The topological polar surface area (TPSA) is 99.3 Å². The van der Waals surface area contributed by atoms with Crippen LogP contribution in [0.1, 0.15) is 5.82 Å². The van der Waals surface area contributed by atoms with E-state index >= 15 is 0 Å². The number of imidazole rings is 1. The van der Waals surface area contributed by atoms with Gasteiger partial charge in [-0.05, 0) is 4.92 Å². The first-order chi connectivity index (χ1) is 7.06. The van der Waals surface area contributed by atoms with Crippen LogP contribution in [0.4, 0.5) is 10.6 Å². The molecule has 8 heteroatoms. The maximum Gasteiger partial charge on any atom is 0.407 e. The Morgan fingerprint density at radius 1 is 1.80 bits per heavy atom. The SMILES string of the molecule is CNC(=O)OCc1ncc([N+](=O)[O-])n1C. The Hall–Kier alpha value is -2.12. The molecule has 1 heterocycles. The summed E-state index contributed by atoms with van der Waals surface area (Å²) >= 11 is 0. The molecule has 0 saturated carbocycles. The minimum Gasteiger partial charge on any atom is -0.439 e. The van der Waals surface area contributed by atoms with E-state index in [9.17, 15) is 14.9 Å². The standard InChI is InChI=1S/C7H10N4O4/c1-8-7(12)15-4-5-9-3-6(10(5)2)11(13)14/h3H,4H2,1-2H3,(H,8,12). The van der Waals surface area contributed by atoms with Crippen LogP contribution in [0.2, 0.25) is 0 Å². The quantitative estimate of drug-likeness (QED) is 0.571. The van der Waals surface area contributed by atoms with E-state index in [4.69, 9.17) is 4.74 Å². The Morgan fingerprint density at radius 2 is 2.47 bits per heavy atom. The molecule has 0 atom stereocenters. The largest absolute Gasteiger partial charge is 0.439 e. The number of rotatable bonds is 3. The van der Waals surface area contributed by atoms with Gasteiger partial charge in [0, 0.05) is 7.05 Å². The van der Waals surface area contributed by atoms with Crippen LogP contribution >= 0.6 is 0 Å². The van der Waals surface area contributed by atoms with Crippen molar-refractivity contribution in [2.24, 2.45) is 7.05 Å². The van der Waals surface area contributed by atoms with Crippen molar-refractivity contribution in [2.45, 2.75) is 6.61 Å². The highest BCUT2D eigenvalue weighted by Crippen LogP contribution is 2.11. The highest BCUT2D eigenvalue weighted by atomic mass is 16.6. The first-order valence-corrected chi connectivity index (χ1v) is 4.05. The Kier molecular flexibility index (Phi) is 3.21. The summed E-state index contributed by atoms with van der Waals surface area (Å²) in [6, 6.07) is 0. The maximum atomic E-state index is 10.7. The summed E-state index contributed by atoms with van der Waals surface area (Å²) in [5.74, 6) is 0.163. The monoisotopic (exact) mass is 214 g/mol. The minimum atomic E-state index is -0.611. The van der Waals surface area contributed by atoms with Crippen LogP contribution < -0.4 is 5.32 Å². The van der Waals surface area contributed by atoms with Crippen molar-refractivity contribution >= 4 is 11.9 Å². The van der Waals surface area contributed by atoms with Crippen molar-refractivity contribution in [3.05, 3.63) is 22.1 Å². The number of alkyl carbamates (subject to hydrolysis) is 1. The Balaban J connectivity index is 2.71. The molecular weight excluding hydrogens is 204 g/mol. The number of amides is 1. The van der Waals surface area contributed by atoms with Gasteiger partial charge in [-0.3, -0.25) is 0 Å². The van der Waals surface area contributed by atoms with Crippen molar-refractivity contribution in [3.8, 4) is 0 Å². The summed E-state index contributed by atoms with van der Waals surface area (Å²) in [5.41, 5.74) is 0. The van der Waals surface area contributed by atoms with Crippen molar-refractivity contribution in [1.29, 1.82) is 0 Å². The molecule has 0 bridgehead atoms. The first-order valence-electron chi connectivity index (χ1n) is 4.05. The molecule has 1 aromatic heterocycles. The van der Waals surface area contributed by atoms with Crippen molar-refractivity contribution in [1.82, 2.24) is 14.9 Å². The van der Waals surface area contributed by atoms with E-state index in [0.29, 0.717) is 5.82 Å². The molecule has 0 aromatic carbocycles. The van der Waals surface area contributed by atoms with Crippen LogP contribution in [0.3, 0.4) is 0 Å². The van der Waals surface area contributed by atoms with Gasteiger partial charge >= 0.3 is 11.9 Å². The van der Waals surface area contributed by atoms with Gasteiger partial charge in [-0.1, -0.05) is 0 Å². The van der Waals surface area contributed by atoms with E-state index in [1.54, 1.807) is 0 Å². The van der Waals surface area contributed by atoms with Crippen LogP contribution in [0, 0.1) is 10.1 Å². The predicted molar refractivity (Wildman–Crippen MR) is 49.1 cm³/mol. The molecule has 0 aliphatic heterocycles. The van der Waals surface area contributed by atoms with Gasteiger partial charge in [0.2, 0.25) is 5.82 Å². The first kappa shape index (κ1) is 11.0. The lowest BCUT2D eigenvalue weighted by Crippen LogP contribution is -2.19. The second kappa shape index (κ2) is 4.40. The van der Waals surface area contributed by atoms with E-state index < -0.39 is 11.0 Å². The smallest absolute Gasteiger partial charge is 0.407 e. The fraction of sp³-hybridized carbons (Fsp3) is 0.429. The number of carbonyl (C=O) groups excluding carboxylic acids is 1. The summed E-state index contributed by atoms with van der Waals surface area (Å²) in [7, 11) is 2.90. The average molecular weight is 214 g/mol. The van der Waals surface area contributed by atoms with E-state index in [0.717, 1.165) is 6.20 Å². The maximum absolute atomic E-state index is 10.7. The third kappa shape index (κ3) is 2.42. The molecular formula is C7H10N4O4. The number of ether oxygens (including phenoxy) is 1. The lowest BCUT2D eigenvalue weighted by Gasteiger charge is -2.01. The molecule has 0 fully saturated rings. The van der Waals surface area contributed by atoms with E-state index in [-0.39, 0.29) is 12.4 Å². The highest BCUT2D eigenvalue weighted by molar-refractivity contribution is 5.66. The van der Waals surface area contributed by atoms with E-state index in [1.807, 2.05) is 0 Å². The summed E-state index contributed by atoms with van der Waals surface area (Å²) in [4.78, 5) is 24.4. The minimum absolute atomic E-state index is 0.107. The summed E-state index contributed by atoms with van der Waals surface area (Å²) in [5, 5.41) is 12.7. The van der Waals surface area contributed by atoms with Crippen LogP contribution in [0.5, 0.6) is 0 Å². The lowest BCUT2D eigenvalue weighted by atomic mass is 10.6. The van der Waals surface area contributed by atoms with Crippen LogP contribution in [-0.2, 0) is 18.4 Å². The third-order valence-corrected chi connectivity index (χ3v) is 1.78. The Bertz CT molecular complexity index is 386. The Labute approximate surface area is 85.0 Å². The van der Waals surface area contributed by atoms with Crippen LogP contribution in [0.25, 0.3) is 0 Å².